The molecule has 3 aromatic heterocycles. The average molecular weight is 330 g/mol. The molecule has 0 spiro atoms. The second-order valence-electron chi connectivity index (χ2n) is 5.07. The van der Waals surface area contributed by atoms with Crippen molar-refractivity contribution in [2.75, 3.05) is 0 Å². The molecule has 1 aromatic carbocycles. The fourth-order valence-corrected chi connectivity index (χ4v) is 3.47. The number of oxazole rings is 1. The molecule has 4 aromatic rings. The van der Waals surface area contributed by atoms with Gasteiger partial charge in [-0.15, -0.1) is 11.3 Å². The van der Waals surface area contributed by atoms with Gasteiger partial charge in [0, 0.05) is 22.2 Å². The van der Waals surface area contributed by atoms with Gasteiger partial charge in [0.05, 0.1) is 11.4 Å². The van der Waals surface area contributed by atoms with Crippen molar-refractivity contribution in [1.82, 2.24) is 14.4 Å². The van der Waals surface area contributed by atoms with Crippen molar-refractivity contribution in [1.29, 1.82) is 0 Å². The van der Waals surface area contributed by atoms with Crippen LogP contribution in [0.25, 0.3) is 28.2 Å². The van der Waals surface area contributed by atoms with E-state index in [4.69, 9.17) is 16.0 Å². The Morgan fingerprint density at radius 3 is 2.95 bits per heavy atom. The van der Waals surface area contributed by atoms with Gasteiger partial charge in [0.2, 0.25) is 5.89 Å². The maximum atomic E-state index is 5.96. The van der Waals surface area contributed by atoms with Crippen LogP contribution >= 0.6 is 22.9 Å². The van der Waals surface area contributed by atoms with Crippen LogP contribution in [-0.2, 0) is 0 Å². The smallest absolute Gasteiger partial charge is 0.220 e. The molecule has 0 radical (unpaired) electrons. The molecule has 0 unspecified atom stereocenters. The van der Waals surface area contributed by atoms with Gasteiger partial charge >= 0.3 is 0 Å². The van der Waals surface area contributed by atoms with E-state index in [1.165, 1.54) is 4.88 Å². The van der Waals surface area contributed by atoms with Gasteiger partial charge in [-0.05, 0) is 38.1 Å². The van der Waals surface area contributed by atoms with E-state index in [1.54, 1.807) is 23.5 Å². The van der Waals surface area contributed by atoms with Gasteiger partial charge in [-0.2, -0.15) is 0 Å². The molecule has 0 aliphatic rings. The zero-order valence-electron chi connectivity index (χ0n) is 12.0. The summed E-state index contributed by atoms with van der Waals surface area (Å²) in [6.07, 6.45) is 5.93. The Morgan fingerprint density at radius 1 is 1.23 bits per heavy atom. The normalized spacial score (nSPS) is 12.1. The molecule has 3 heterocycles. The summed E-state index contributed by atoms with van der Waals surface area (Å²) >= 11 is 7.64. The van der Waals surface area contributed by atoms with Crippen LogP contribution in [0, 0.1) is 13.8 Å². The third-order valence-electron chi connectivity index (χ3n) is 3.41. The topological polar surface area (TPSA) is 43.3 Å². The third-order valence-corrected chi connectivity index (χ3v) is 4.55. The highest BCUT2D eigenvalue weighted by molar-refractivity contribution is 7.17. The van der Waals surface area contributed by atoms with Crippen molar-refractivity contribution in [2.45, 2.75) is 13.8 Å². The number of fused-ring (bicyclic) bond motifs is 2. The number of imidazole rings is 1. The van der Waals surface area contributed by atoms with E-state index in [2.05, 4.69) is 27.5 Å². The van der Waals surface area contributed by atoms with Gasteiger partial charge in [-0.25, -0.2) is 9.97 Å². The second kappa shape index (κ2) is 4.97. The van der Waals surface area contributed by atoms with Crippen molar-refractivity contribution >= 4 is 51.2 Å². The lowest BCUT2D eigenvalue weighted by molar-refractivity contribution is 0.589. The number of halogens is 1. The molecule has 0 aliphatic carbocycles. The van der Waals surface area contributed by atoms with Crippen molar-refractivity contribution in [3.8, 4) is 0 Å². The first-order valence-electron chi connectivity index (χ1n) is 6.79. The molecule has 0 N–H and O–H groups in total. The van der Waals surface area contributed by atoms with E-state index in [0.717, 1.165) is 27.4 Å². The zero-order valence-corrected chi connectivity index (χ0v) is 13.6. The second-order valence-corrected chi connectivity index (χ2v) is 6.72. The molecule has 0 saturated carbocycles. The Labute approximate surface area is 135 Å². The van der Waals surface area contributed by atoms with Crippen LogP contribution in [0.3, 0.4) is 0 Å². The van der Waals surface area contributed by atoms with Crippen LogP contribution in [0.1, 0.15) is 22.2 Å². The van der Waals surface area contributed by atoms with Crippen LogP contribution in [-0.4, -0.2) is 14.4 Å². The highest BCUT2D eigenvalue weighted by atomic mass is 35.5. The van der Waals surface area contributed by atoms with Crippen LogP contribution in [0.5, 0.6) is 0 Å². The summed E-state index contributed by atoms with van der Waals surface area (Å²) in [6, 6.07) is 5.41. The van der Waals surface area contributed by atoms with E-state index in [9.17, 15) is 0 Å². The summed E-state index contributed by atoms with van der Waals surface area (Å²) in [4.78, 5) is 11.2. The number of nitrogens with zero attached hydrogens (tertiary/aromatic N) is 3. The first-order chi connectivity index (χ1) is 10.6. The molecule has 0 bridgehead atoms. The number of rotatable bonds is 2. The fraction of sp³-hybridized carbons (Fsp3) is 0.125. The molecule has 22 heavy (non-hydrogen) atoms. The first-order valence-corrected chi connectivity index (χ1v) is 7.99. The molecule has 4 nitrogen and oxygen atoms in total. The number of aryl methyl sites for hydroxylation is 2. The Kier molecular flexibility index (Phi) is 3.06. The van der Waals surface area contributed by atoms with Crippen molar-refractivity contribution in [3.05, 3.63) is 51.6 Å². The van der Waals surface area contributed by atoms with Crippen LogP contribution in [0.4, 0.5) is 0 Å². The Hall–Kier alpha value is -2.11. The number of hydrogen-bond donors (Lipinski definition) is 0. The van der Waals surface area contributed by atoms with Crippen molar-refractivity contribution in [3.63, 3.8) is 0 Å². The van der Waals surface area contributed by atoms with Crippen LogP contribution in [0.15, 0.2) is 28.8 Å². The number of aromatic nitrogens is 3. The minimum atomic E-state index is 0.554. The quantitative estimate of drug-likeness (QED) is 0.521. The molecule has 0 atom stereocenters. The molecule has 6 heteroatoms. The molecule has 0 amide bonds. The largest absolute Gasteiger partial charge is 0.437 e. The molecule has 0 aliphatic heterocycles. The minimum Gasteiger partial charge on any atom is -0.437 e. The molecule has 110 valence electrons. The minimum absolute atomic E-state index is 0.554. The lowest BCUT2D eigenvalue weighted by Gasteiger charge is -1.91. The zero-order chi connectivity index (χ0) is 15.3. The lowest BCUT2D eigenvalue weighted by Crippen LogP contribution is -1.83. The molecular formula is C16H12ClN3OS. The van der Waals surface area contributed by atoms with Gasteiger partial charge in [0.15, 0.2) is 10.5 Å². The van der Waals surface area contributed by atoms with Gasteiger partial charge in [0.25, 0.3) is 0 Å². The fourth-order valence-electron chi connectivity index (χ4n) is 2.42. The summed E-state index contributed by atoms with van der Waals surface area (Å²) in [5, 5.41) is 0.651. The third kappa shape index (κ3) is 2.23. The summed E-state index contributed by atoms with van der Waals surface area (Å²) in [7, 11) is 0. The van der Waals surface area contributed by atoms with Gasteiger partial charge < -0.3 is 4.42 Å². The van der Waals surface area contributed by atoms with Gasteiger partial charge in [0.1, 0.15) is 5.52 Å². The predicted molar refractivity (Wildman–Crippen MR) is 90.5 cm³/mol. The predicted octanol–water partition coefficient (Wildman–Crippen LogP) is 4.98. The van der Waals surface area contributed by atoms with E-state index in [0.29, 0.717) is 10.9 Å². The highest BCUT2D eigenvalue weighted by Crippen LogP contribution is 2.24. The maximum absolute atomic E-state index is 5.96. The van der Waals surface area contributed by atoms with Crippen LogP contribution < -0.4 is 0 Å². The van der Waals surface area contributed by atoms with Gasteiger partial charge in [-0.3, -0.25) is 4.40 Å². The maximum Gasteiger partial charge on any atom is 0.220 e. The Bertz CT molecular complexity index is 1020. The monoisotopic (exact) mass is 329 g/mol. The first kappa shape index (κ1) is 13.5. The summed E-state index contributed by atoms with van der Waals surface area (Å²) in [5.74, 6) is 0.554. The summed E-state index contributed by atoms with van der Waals surface area (Å²) in [6.45, 7) is 4.08. The van der Waals surface area contributed by atoms with Gasteiger partial charge in [-0.1, -0.05) is 11.6 Å². The number of benzene rings is 1. The molecule has 0 saturated heterocycles. The molecule has 0 fully saturated rings. The van der Waals surface area contributed by atoms with Crippen molar-refractivity contribution < 1.29 is 4.42 Å². The standard InChI is InChI=1S/C16H12ClN3OS/c1-9-8-20-13(10(2)18-16(20)22-9)4-6-15-19-12-7-11(17)3-5-14(12)21-15/h3-8H,1-2H3/b6-4+. The van der Waals surface area contributed by atoms with Crippen LogP contribution in [0.2, 0.25) is 5.02 Å². The van der Waals surface area contributed by atoms with E-state index >= 15 is 0 Å². The SMILES string of the molecule is Cc1cn2c(/C=C/c3nc4cc(Cl)ccc4o3)c(C)nc2s1. The van der Waals surface area contributed by atoms with E-state index in [-0.39, 0.29) is 0 Å². The molecular weight excluding hydrogens is 318 g/mol. The summed E-state index contributed by atoms with van der Waals surface area (Å²) in [5.41, 5.74) is 3.51. The Morgan fingerprint density at radius 2 is 2.09 bits per heavy atom. The number of thiazole rings is 1. The number of hydrogen-bond acceptors (Lipinski definition) is 4. The Balaban J connectivity index is 1.76. The lowest BCUT2D eigenvalue weighted by atomic mass is 10.3. The van der Waals surface area contributed by atoms with E-state index in [1.807, 2.05) is 25.1 Å². The average Bonchev–Trinajstić information content (AvgIpc) is 3.08. The molecule has 4 rings (SSSR count). The van der Waals surface area contributed by atoms with E-state index < -0.39 is 0 Å². The summed E-state index contributed by atoms with van der Waals surface area (Å²) < 4.78 is 7.78. The van der Waals surface area contributed by atoms with Crippen molar-refractivity contribution in [2.24, 2.45) is 0 Å². The highest BCUT2D eigenvalue weighted by Gasteiger charge is 2.09.